The first-order valence-electron chi connectivity index (χ1n) is 7.84. The van der Waals surface area contributed by atoms with Gasteiger partial charge in [0, 0.05) is 18.0 Å². The van der Waals surface area contributed by atoms with Gasteiger partial charge in [0.05, 0.1) is 31.4 Å². The number of carboxylic acid groups (broad SMARTS) is 1. The largest absolute Gasteiger partial charge is 0.481 e. The molecule has 0 saturated heterocycles. The van der Waals surface area contributed by atoms with E-state index in [-0.39, 0.29) is 31.0 Å². The van der Waals surface area contributed by atoms with Gasteiger partial charge in [-0.3, -0.25) is 19.0 Å². The van der Waals surface area contributed by atoms with Crippen LogP contribution in [0.5, 0.6) is 0 Å². The molecule has 1 aromatic carbocycles. The second-order valence-corrected chi connectivity index (χ2v) is 5.56. The second-order valence-electron chi connectivity index (χ2n) is 5.56. The molecule has 2 N–H and O–H groups in total. The van der Waals surface area contributed by atoms with Crippen LogP contribution in [0.3, 0.4) is 0 Å². The number of hydrogen-bond acceptors (Lipinski definition) is 4. The molecule has 134 valence electrons. The quantitative estimate of drug-likeness (QED) is 0.673. The molecule has 0 atom stereocenters. The smallest absolute Gasteiger partial charge is 0.305 e. The van der Waals surface area contributed by atoms with E-state index in [1.807, 2.05) is 0 Å². The predicted molar refractivity (Wildman–Crippen MR) is 90.2 cm³/mol. The molecule has 0 aliphatic rings. The van der Waals surface area contributed by atoms with Crippen molar-refractivity contribution in [2.75, 3.05) is 5.32 Å². The van der Waals surface area contributed by atoms with E-state index in [4.69, 9.17) is 5.11 Å². The number of aliphatic carboxylic acids is 1. The Morgan fingerprint density at radius 1 is 1.19 bits per heavy atom. The minimum Gasteiger partial charge on any atom is -0.481 e. The number of anilines is 1. The number of carboxylic acids is 1. The van der Waals surface area contributed by atoms with Crippen LogP contribution in [0, 0.1) is 5.82 Å². The summed E-state index contributed by atoms with van der Waals surface area (Å²) in [4.78, 5) is 23.0. The lowest BCUT2D eigenvalue weighted by Gasteiger charge is -2.06. The summed E-state index contributed by atoms with van der Waals surface area (Å²) in [6.07, 6.45) is 4.33. The molecule has 2 heterocycles. The monoisotopic (exact) mass is 357 g/mol. The maximum atomic E-state index is 13.7. The lowest BCUT2D eigenvalue weighted by molar-refractivity contribution is -0.137. The zero-order valence-electron chi connectivity index (χ0n) is 13.7. The number of nitrogens with zero attached hydrogens (tertiary/aromatic N) is 4. The lowest BCUT2D eigenvalue weighted by Crippen LogP contribution is -2.18. The first-order valence-corrected chi connectivity index (χ1v) is 7.84. The summed E-state index contributed by atoms with van der Waals surface area (Å²) < 4.78 is 16.5. The van der Waals surface area contributed by atoms with Crippen molar-refractivity contribution in [2.45, 2.75) is 19.5 Å². The Morgan fingerprint density at radius 2 is 2.00 bits per heavy atom. The minimum absolute atomic E-state index is 0.0949. The van der Waals surface area contributed by atoms with Crippen molar-refractivity contribution in [3.05, 3.63) is 66.0 Å². The number of rotatable bonds is 7. The maximum absolute atomic E-state index is 13.7. The summed E-state index contributed by atoms with van der Waals surface area (Å²) in [5.74, 6) is -1.73. The zero-order chi connectivity index (χ0) is 18.5. The number of aryl methyl sites for hydroxylation is 1. The molecule has 0 radical (unpaired) electrons. The van der Waals surface area contributed by atoms with Crippen LogP contribution in [0.2, 0.25) is 0 Å². The van der Waals surface area contributed by atoms with E-state index in [1.54, 1.807) is 24.4 Å². The van der Waals surface area contributed by atoms with Gasteiger partial charge in [-0.15, -0.1) is 0 Å². The van der Waals surface area contributed by atoms with Crippen LogP contribution in [0.25, 0.3) is 0 Å². The number of nitrogens with one attached hydrogen (secondary N) is 1. The molecule has 0 aliphatic carbocycles. The van der Waals surface area contributed by atoms with Crippen LogP contribution in [0.15, 0.2) is 48.9 Å². The molecule has 0 aliphatic heterocycles. The van der Waals surface area contributed by atoms with Crippen LogP contribution < -0.4 is 5.32 Å². The lowest BCUT2D eigenvalue weighted by atomic mass is 10.2. The number of amides is 1. The van der Waals surface area contributed by atoms with Gasteiger partial charge in [0.1, 0.15) is 11.5 Å². The third-order valence-corrected chi connectivity index (χ3v) is 3.67. The van der Waals surface area contributed by atoms with Gasteiger partial charge in [-0.25, -0.2) is 4.39 Å². The van der Waals surface area contributed by atoms with Crippen LogP contribution in [-0.4, -0.2) is 36.5 Å². The summed E-state index contributed by atoms with van der Waals surface area (Å²) in [7, 11) is 0. The number of aromatic nitrogens is 4. The predicted octanol–water partition coefficient (Wildman–Crippen LogP) is 1.99. The highest BCUT2D eigenvalue weighted by molar-refractivity contribution is 6.02. The van der Waals surface area contributed by atoms with Crippen LogP contribution in [0.4, 0.5) is 10.1 Å². The number of hydrogen-bond donors (Lipinski definition) is 2. The Labute approximate surface area is 147 Å². The first kappa shape index (κ1) is 17.3. The Bertz CT molecular complexity index is 934. The Hall–Kier alpha value is -3.49. The van der Waals surface area contributed by atoms with Gasteiger partial charge in [-0.05, 0) is 12.1 Å². The third-order valence-electron chi connectivity index (χ3n) is 3.67. The van der Waals surface area contributed by atoms with Gasteiger partial charge >= 0.3 is 5.97 Å². The molecular weight excluding hydrogens is 341 g/mol. The van der Waals surface area contributed by atoms with E-state index in [2.05, 4.69) is 15.5 Å². The number of carbonyl (C=O) groups excluding carboxylic acids is 1. The van der Waals surface area contributed by atoms with Crippen molar-refractivity contribution in [3.63, 3.8) is 0 Å². The van der Waals surface area contributed by atoms with Crippen molar-refractivity contribution in [1.82, 2.24) is 19.6 Å². The molecule has 8 nitrogen and oxygen atoms in total. The Balaban J connectivity index is 1.66. The number of benzene rings is 1. The topological polar surface area (TPSA) is 102 Å². The maximum Gasteiger partial charge on any atom is 0.305 e. The van der Waals surface area contributed by atoms with Gasteiger partial charge in [0.2, 0.25) is 0 Å². The van der Waals surface area contributed by atoms with E-state index in [9.17, 15) is 14.0 Å². The average molecular weight is 357 g/mol. The minimum atomic E-state index is -0.971. The molecule has 0 spiro atoms. The van der Waals surface area contributed by atoms with Gasteiger partial charge in [0.25, 0.3) is 5.91 Å². The molecule has 2 aromatic heterocycles. The van der Waals surface area contributed by atoms with E-state index in [0.29, 0.717) is 11.3 Å². The average Bonchev–Trinajstić information content (AvgIpc) is 3.24. The van der Waals surface area contributed by atoms with E-state index < -0.39 is 11.9 Å². The van der Waals surface area contributed by atoms with Crippen LogP contribution in [0.1, 0.15) is 22.5 Å². The molecule has 0 saturated carbocycles. The molecule has 0 bridgehead atoms. The summed E-state index contributed by atoms with van der Waals surface area (Å²) in [5, 5.41) is 19.5. The van der Waals surface area contributed by atoms with E-state index in [0.717, 1.165) is 0 Å². The molecule has 9 heteroatoms. The van der Waals surface area contributed by atoms with Gasteiger partial charge in [-0.2, -0.15) is 10.2 Å². The van der Waals surface area contributed by atoms with Crippen molar-refractivity contribution < 1.29 is 19.1 Å². The fraction of sp³-hybridized carbons (Fsp3) is 0.176. The molecule has 1 amide bonds. The number of halogens is 1. The molecule has 0 unspecified atom stereocenters. The van der Waals surface area contributed by atoms with Crippen molar-refractivity contribution in [3.8, 4) is 0 Å². The highest BCUT2D eigenvalue weighted by Gasteiger charge is 2.14. The number of carbonyl (C=O) groups is 2. The van der Waals surface area contributed by atoms with Crippen molar-refractivity contribution in [1.29, 1.82) is 0 Å². The SMILES string of the molecule is O=C(O)CCn1nccc1C(=O)Nc1cnn(Cc2ccccc2F)c1. The van der Waals surface area contributed by atoms with E-state index in [1.165, 1.54) is 33.9 Å². The highest BCUT2D eigenvalue weighted by Crippen LogP contribution is 2.12. The fourth-order valence-electron chi connectivity index (χ4n) is 2.42. The molecule has 3 aromatic rings. The molecule has 3 rings (SSSR count). The van der Waals surface area contributed by atoms with Crippen molar-refractivity contribution >= 4 is 17.6 Å². The second kappa shape index (κ2) is 7.60. The van der Waals surface area contributed by atoms with Crippen LogP contribution >= 0.6 is 0 Å². The van der Waals surface area contributed by atoms with Crippen molar-refractivity contribution in [2.24, 2.45) is 0 Å². The highest BCUT2D eigenvalue weighted by atomic mass is 19.1. The normalized spacial score (nSPS) is 10.7. The fourth-order valence-corrected chi connectivity index (χ4v) is 2.42. The van der Waals surface area contributed by atoms with Gasteiger partial charge in [-0.1, -0.05) is 18.2 Å². The third kappa shape index (κ3) is 4.12. The van der Waals surface area contributed by atoms with Crippen LogP contribution in [-0.2, 0) is 17.9 Å². The Kier molecular flexibility index (Phi) is 5.07. The van der Waals surface area contributed by atoms with Gasteiger partial charge in [0.15, 0.2) is 0 Å². The Morgan fingerprint density at radius 3 is 2.77 bits per heavy atom. The molecule has 0 fully saturated rings. The summed E-state index contributed by atoms with van der Waals surface area (Å²) in [5.41, 5.74) is 1.17. The summed E-state index contributed by atoms with van der Waals surface area (Å²) in [6.45, 7) is 0.330. The zero-order valence-corrected chi connectivity index (χ0v) is 13.7. The molecular formula is C17H16FN5O3. The summed E-state index contributed by atoms with van der Waals surface area (Å²) >= 11 is 0. The standard InChI is InChI=1S/C17H16FN5O3/c18-14-4-2-1-3-12(14)10-22-11-13(9-20-22)21-17(26)15-5-7-19-23(15)8-6-16(24)25/h1-5,7,9,11H,6,8,10H2,(H,21,26)(H,24,25). The summed E-state index contributed by atoms with van der Waals surface area (Å²) in [6, 6.07) is 7.89. The van der Waals surface area contributed by atoms with E-state index >= 15 is 0 Å². The molecule has 26 heavy (non-hydrogen) atoms. The van der Waals surface area contributed by atoms with Gasteiger partial charge < -0.3 is 10.4 Å². The first-order chi connectivity index (χ1) is 12.5.